The number of nitrogens with zero attached hydrogens (tertiary/aromatic N) is 1. The Labute approximate surface area is 190 Å². The third-order valence-electron chi connectivity index (χ3n) is 5.96. The van der Waals surface area contributed by atoms with Crippen LogP contribution in [0.4, 0.5) is 5.69 Å². The number of aryl methyl sites for hydroxylation is 1. The highest BCUT2D eigenvalue weighted by molar-refractivity contribution is 6.51. The number of hydrogen-bond acceptors (Lipinski definition) is 4. The van der Waals surface area contributed by atoms with Crippen LogP contribution in [0.1, 0.15) is 22.7 Å². The number of aliphatic hydroxyl groups is 1. The SMILES string of the molecule is Cc1cccc(N2C(=O)C(=O)/C(=C(\O)c3ccc4ccccc4c3)C2c2ccc(O)cc2)c1. The quantitative estimate of drug-likeness (QED) is 0.254. The van der Waals surface area contributed by atoms with Crippen molar-refractivity contribution in [1.29, 1.82) is 0 Å². The molecule has 0 aromatic heterocycles. The van der Waals surface area contributed by atoms with Crippen LogP contribution in [0.2, 0.25) is 0 Å². The summed E-state index contributed by atoms with van der Waals surface area (Å²) in [5, 5.41) is 23.0. The summed E-state index contributed by atoms with van der Waals surface area (Å²) in [7, 11) is 0. The van der Waals surface area contributed by atoms with Crippen LogP contribution in [0.25, 0.3) is 16.5 Å². The second kappa shape index (κ2) is 7.95. The Morgan fingerprint density at radius 3 is 2.27 bits per heavy atom. The summed E-state index contributed by atoms with van der Waals surface area (Å²) in [6.07, 6.45) is 0. The molecule has 1 unspecified atom stereocenters. The molecule has 1 aliphatic rings. The number of Topliss-reactive ketones (excluding diaryl/α,β-unsaturated/α-hetero) is 1. The zero-order valence-electron chi connectivity index (χ0n) is 17.9. The van der Waals surface area contributed by atoms with Crippen LogP contribution in [0, 0.1) is 6.92 Å². The summed E-state index contributed by atoms with van der Waals surface area (Å²) in [4.78, 5) is 27.9. The summed E-state index contributed by atoms with van der Waals surface area (Å²) in [6, 6.07) is 25.9. The van der Waals surface area contributed by atoms with E-state index in [-0.39, 0.29) is 17.1 Å². The number of carbonyl (C=O) groups is 2. The highest BCUT2D eigenvalue weighted by Gasteiger charge is 2.47. The number of fused-ring (bicyclic) bond motifs is 1. The summed E-state index contributed by atoms with van der Waals surface area (Å²) < 4.78 is 0. The molecule has 1 aliphatic heterocycles. The fourth-order valence-electron chi connectivity index (χ4n) is 4.34. The minimum absolute atomic E-state index is 0.0162. The van der Waals surface area contributed by atoms with Crippen LogP contribution < -0.4 is 4.90 Å². The van der Waals surface area contributed by atoms with Crippen LogP contribution in [0.5, 0.6) is 5.75 Å². The lowest BCUT2D eigenvalue weighted by Crippen LogP contribution is -2.29. The smallest absolute Gasteiger partial charge is 0.300 e. The zero-order valence-corrected chi connectivity index (χ0v) is 17.9. The van der Waals surface area contributed by atoms with Gasteiger partial charge in [0.2, 0.25) is 0 Å². The standard InChI is InChI=1S/C28H21NO4/c1-17-5-4-8-22(15-17)29-25(19-11-13-23(30)14-12-19)24(27(32)28(29)33)26(31)21-10-9-18-6-2-3-7-20(18)16-21/h2-16,25,30-31H,1H3/b26-24-. The third-order valence-corrected chi connectivity index (χ3v) is 5.96. The largest absolute Gasteiger partial charge is 0.508 e. The predicted octanol–water partition coefficient (Wildman–Crippen LogP) is 5.48. The molecule has 162 valence electrons. The zero-order chi connectivity index (χ0) is 23.1. The molecule has 0 saturated carbocycles. The first-order chi connectivity index (χ1) is 15.9. The van der Waals surface area contributed by atoms with E-state index in [0.29, 0.717) is 16.8 Å². The normalized spacial score (nSPS) is 17.6. The third kappa shape index (κ3) is 3.53. The lowest BCUT2D eigenvalue weighted by atomic mass is 9.94. The molecule has 1 amide bonds. The van der Waals surface area contributed by atoms with Crippen LogP contribution in [0.3, 0.4) is 0 Å². The molecule has 1 atom stereocenters. The lowest BCUT2D eigenvalue weighted by Gasteiger charge is -2.25. The van der Waals surface area contributed by atoms with E-state index in [2.05, 4.69) is 0 Å². The van der Waals surface area contributed by atoms with Gasteiger partial charge in [-0.1, -0.05) is 60.7 Å². The van der Waals surface area contributed by atoms with Gasteiger partial charge in [-0.25, -0.2) is 0 Å². The predicted molar refractivity (Wildman–Crippen MR) is 128 cm³/mol. The van der Waals surface area contributed by atoms with Crippen molar-refractivity contribution in [2.24, 2.45) is 0 Å². The van der Waals surface area contributed by atoms with Crippen molar-refractivity contribution in [3.63, 3.8) is 0 Å². The topological polar surface area (TPSA) is 77.8 Å². The minimum atomic E-state index is -0.834. The van der Waals surface area contributed by atoms with Crippen LogP contribution in [-0.2, 0) is 9.59 Å². The van der Waals surface area contributed by atoms with E-state index in [1.165, 1.54) is 17.0 Å². The first-order valence-electron chi connectivity index (χ1n) is 10.6. The number of anilines is 1. The molecule has 5 heteroatoms. The van der Waals surface area contributed by atoms with Gasteiger partial charge in [0.15, 0.2) is 0 Å². The molecular weight excluding hydrogens is 414 g/mol. The molecule has 1 saturated heterocycles. The Morgan fingerprint density at radius 2 is 1.55 bits per heavy atom. The van der Waals surface area contributed by atoms with Crippen LogP contribution >= 0.6 is 0 Å². The Hall–Kier alpha value is -4.38. The number of phenolic OH excluding ortho intramolecular Hbond substituents is 1. The van der Waals surface area contributed by atoms with Gasteiger partial charge in [0.25, 0.3) is 11.7 Å². The Bertz CT molecular complexity index is 1440. The van der Waals surface area contributed by atoms with Crippen molar-refractivity contribution in [2.45, 2.75) is 13.0 Å². The van der Waals surface area contributed by atoms with Crippen molar-refractivity contribution in [1.82, 2.24) is 0 Å². The molecule has 0 bridgehead atoms. The number of aliphatic hydroxyl groups excluding tert-OH is 1. The molecule has 5 nitrogen and oxygen atoms in total. The molecule has 0 radical (unpaired) electrons. The van der Waals surface area contributed by atoms with Gasteiger partial charge < -0.3 is 10.2 Å². The average Bonchev–Trinajstić information content (AvgIpc) is 3.09. The maximum atomic E-state index is 13.2. The van der Waals surface area contributed by atoms with Crippen molar-refractivity contribution >= 4 is 33.9 Å². The number of benzene rings is 4. The number of ketones is 1. The number of carbonyl (C=O) groups excluding carboxylic acids is 2. The van der Waals surface area contributed by atoms with E-state index in [0.717, 1.165) is 16.3 Å². The molecule has 33 heavy (non-hydrogen) atoms. The average molecular weight is 435 g/mol. The molecule has 0 aliphatic carbocycles. The van der Waals surface area contributed by atoms with E-state index in [9.17, 15) is 19.8 Å². The highest BCUT2D eigenvalue weighted by atomic mass is 16.3. The summed E-state index contributed by atoms with van der Waals surface area (Å²) in [5.41, 5.74) is 2.58. The fourth-order valence-corrected chi connectivity index (χ4v) is 4.34. The van der Waals surface area contributed by atoms with Gasteiger partial charge in [-0.05, 0) is 59.2 Å². The highest BCUT2D eigenvalue weighted by Crippen LogP contribution is 2.42. The van der Waals surface area contributed by atoms with E-state index >= 15 is 0 Å². The Morgan fingerprint density at radius 1 is 0.818 bits per heavy atom. The van der Waals surface area contributed by atoms with Gasteiger partial charge in [0, 0.05) is 11.3 Å². The molecular formula is C28H21NO4. The second-order valence-corrected chi connectivity index (χ2v) is 8.16. The van der Waals surface area contributed by atoms with E-state index in [4.69, 9.17) is 0 Å². The van der Waals surface area contributed by atoms with Crippen molar-refractivity contribution in [3.05, 3.63) is 113 Å². The number of aromatic hydroxyl groups is 1. The molecule has 5 rings (SSSR count). The summed E-state index contributed by atoms with van der Waals surface area (Å²) in [6.45, 7) is 1.91. The molecule has 1 fully saturated rings. The minimum Gasteiger partial charge on any atom is -0.508 e. The van der Waals surface area contributed by atoms with Crippen molar-refractivity contribution < 1.29 is 19.8 Å². The first kappa shape index (κ1) is 20.5. The molecule has 4 aromatic carbocycles. The second-order valence-electron chi connectivity index (χ2n) is 8.16. The van der Waals surface area contributed by atoms with E-state index in [1.807, 2.05) is 55.5 Å². The van der Waals surface area contributed by atoms with E-state index in [1.54, 1.807) is 30.3 Å². The maximum absolute atomic E-state index is 13.2. The van der Waals surface area contributed by atoms with Crippen LogP contribution in [0.15, 0.2) is 96.6 Å². The van der Waals surface area contributed by atoms with Gasteiger partial charge in [-0.15, -0.1) is 0 Å². The van der Waals surface area contributed by atoms with Crippen molar-refractivity contribution in [2.75, 3.05) is 4.90 Å². The van der Waals surface area contributed by atoms with Crippen molar-refractivity contribution in [3.8, 4) is 5.75 Å². The van der Waals surface area contributed by atoms with Gasteiger partial charge >= 0.3 is 0 Å². The van der Waals surface area contributed by atoms with Gasteiger partial charge in [0.05, 0.1) is 11.6 Å². The monoisotopic (exact) mass is 435 g/mol. The first-order valence-corrected chi connectivity index (χ1v) is 10.6. The Balaban J connectivity index is 1.73. The molecule has 0 spiro atoms. The number of amides is 1. The van der Waals surface area contributed by atoms with Gasteiger partial charge in [-0.2, -0.15) is 0 Å². The van der Waals surface area contributed by atoms with Crippen LogP contribution in [-0.4, -0.2) is 21.9 Å². The lowest BCUT2D eigenvalue weighted by molar-refractivity contribution is -0.132. The fraction of sp³-hybridized carbons (Fsp3) is 0.0714. The molecule has 1 heterocycles. The maximum Gasteiger partial charge on any atom is 0.300 e. The Kier molecular flexibility index (Phi) is 4.94. The summed E-state index contributed by atoms with van der Waals surface area (Å²) >= 11 is 0. The number of rotatable bonds is 3. The van der Waals surface area contributed by atoms with E-state index < -0.39 is 17.7 Å². The molecule has 4 aromatic rings. The number of phenols is 1. The summed E-state index contributed by atoms with van der Waals surface area (Å²) in [5.74, 6) is -1.62. The van der Waals surface area contributed by atoms with Gasteiger partial charge in [0.1, 0.15) is 11.5 Å². The number of hydrogen-bond donors (Lipinski definition) is 2. The molecule has 2 N–H and O–H groups in total. The van der Waals surface area contributed by atoms with Gasteiger partial charge in [-0.3, -0.25) is 14.5 Å².